The molecule has 4 rings (SSSR count). The number of nitrogens with zero attached hydrogens (tertiary/aromatic N) is 2. The molecule has 29 heavy (non-hydrogen) atoms. The van der Waals surface area contributed by atoms with Gasteiger partial charge in [0.05, 0.1) is 25.5 Å². The first-order valence-electron chi connectivity index (χ1n) is 10.8. The molecular formula is C23H30N2O4. The highest BCUT2D eigenvalue weighted by molar-refractivity contribution is 5.67. The van der Waals surface area contributed by atoms with Crippen LogP contribution in [0.5, 0.6) is 5.88 Å². The van der Waals surface area contributed by atoms with Crippen molar-refractivity contribution >= 4 is 0 Å². The van der Waals surface area contributed by atoms with Gasteiger partial charge in [0.1, 0.15) is 12.7 Å². The van der Waals surface area contributed by atoms with Gasteiger partial charge in [0.25, 0.3) is 0 Å². The van der Waals surface area contributed by atoms with Crippen LogP contribution in [0.1, 0.15) is 43.7 Å². The van der Waals surface area contributed by atoms with Gasteiger partial charge in [-0.15, -0.1) is 0 Å². The minimum Gasteiger partial charge on any atom is -0.475 e. The average Bonchev–Trinajstić information content (AvgIpc) is 2.76. The van der Waals surface area contributed by atoms with Crippen LogP contribution < -0.4 is 10.4 Å². The number of fused-ring (bicyclic) bond motifs is 3. The zero-order valence-corrected chi connectivity index (χ0v) is 17.2. The Morgan fingerprint density at radius 2 is 2.14 bits per heavy atom. The first kappa shape index (κ1) is 20.1. The summed E-state index contributed by atoms with van der Waals surface area (Å²) in [5.41, 5.74) is 4.43. The van der Waals surface area contributed by atoms with Gasteiger partial charge >= 0.3 is 5.69 Å². The summed E-state index contributed by atoms with van der Waals surface area (Å²) in [6, 6.07) is 8.53. The molecule has 1 saturated heterocycles. The third-order valence-electron chi connectivity index (χ3n) is 5.66. The fraction of sp³-hybridized carbons (Fsp3) is 0.565. The van der Waals surface area contributed by atoms with Crippen molar-refractivity contribution in [1.82, 2.24) is 9.55 Å². The van der Waals surface area contributed by atoms with E-state index in [1.165, 1.54) is 36.8 Å². The number of aryl methyl sites for hydroxylation is 2. The number of hydrogen-bond donors (Lipinski definition) is 0. The van der Waals surface area contributed by atoms with Crippen molar-refractivity contribution in [3.63, 3.8) is 0 Å². The minimum atomic E-state index is -0.257. The van der Waals surface area contributed by atoms with Crippen molar-refractivity contribution in [2.24, 2.45) is 0 Å². The molecular weight excluding hydrogens is 368 g/mol. The number of ether oxygens (including phenoxy) is 3. The molecule has 2 aliphatic heterocycles. The summed E-state index contributed by atoms with van der Waals surface area (Å²) < 4.78 is 18.5. The molecule has 2 aromatic rings. The lowest BCUT2D eigenvalue weighted by atomic mass is 9.94. The minimum absolute atomic E-state index is 0.119. The fourth-order valence-electron chi connectivity index (χ4n) is 4.06. The Bertz CT molecular complexity index is 887. The third-order valence-corrected chi connectivity index (χ3v) is 5.66. The van der Waals surface area contributed by atoms with Crippen LogP contribution in [-0.4, -0.2) is 42.1 Å². The number of hydrogen-bond acceptors (Lipinski definition) is 5. The molecule has 0 N–H and O–H groups in total. The Kier molecular flexibility index (Phi) is 6.62. The van der Waals surface area contributed by atoms with E-state index in [-0.39, 0.29) is 11.8 Å². The molecule has 0 radical (unpaired) electrons. The van der Waals surface area contributed by atoms with E-state index in [1.807, 2.05) is 6.07 Å². The molecule has 156 valence electrons. The predicted octanol–water partition coefficient (Wildman–Crippen LogP) is 3.38. The van der Waals surface area contributed by atoms with Gasteiger partial charge in [0, 0.05) is 18.2 Å². The Balaban J connectivity index is 1.50. The van der Waals surface area contributed by atoms with Crippen LogP contribution in [0.2, 0.25) is 0 Å². The molecule has 6 nitrogen and oxygen atoms in total. The van der Waals surface area contributed by atoms with Gasteiger partial charge in [-0.05, 0) is 30.4 Å². The highest BCUT2D eigenvalue weighted by Crippen LogP contribution is 2.30. The van der Waals surface area contributed by atoms with Crippen molar-refractivity contribution in [2.75, 3.05) is 26.4 Å². The van der Waals surface area contributed by atoms with Crippen LogP contribution in [0.15, 0.2) is 29.1 Å². The molecule has 0 aliphatic carbocycles. The van der Waals surface area contributed by atoms with E-state index in [0.717, 1.165) is 24.1 Å². The van der Waals surface area contributed by atoms with E-state index >= 15 is 0 Å². The molecule has 0 bridgehead atoms. The topological polar surface area (TPSA) is 62.6 Å². The second-order valence-electron chi connectivity index (χ2n) is 7.84. The summed E-state index contributed by atoms with van der Waals surface area (Å²) in [5.74, 6) is 0.354. The molecule has 1 fully saturated rings. The summed E-state index contributed by atoms with van der Waals surface area (Å²) in [7, 11) is 0. The highest BCUT2D eigenvalue weighted by Gasteiger charge is 2.21. The number of unbranched alkanes of at least 4 members (excludes halogenated alkanes) is 3. The van der Waals surface area contributed by atoms with Crippen molar-refractivity contribution < 1.29 is 14.2 Å². The maximum atomic E-state index is 12.5. The number of rotatable bonds is 8. The Hall–Kier alpha value is -2.18. The first-order chi connectivity index (χ1) is 14.2. The van der Waals surface area contributed by atoms with Crippen molar-refractivity contribution in [3.8, 4) is 17.1 Å². The van der Waals surface area contributed by atoms with Crippen LogP contribution in [0.3, 0.4) is 0 Å². The van der Waals surface area contributed by atoms with E-state index in [1.54, 1.807) is 4.57 Å². The molecule has 0 amide bonds. The van der Waals surface area contributed by atoms with Crippen molar-refractivity contribution in [3.05, 3.63) is 45.9 Å². The molecule has 6 heteroatoms. The molecule has 1 aromatic carbocycles. The van der Waals surface area contributed by atoms with E-state index in [9.17, 15) is 4.79 Å². The van der Waals surface area contributed by atoms with Gasteiger partial charge in [-0.1, -0.05) is 44.4 Å². The number of benzene rings is 1. The molecule has 0 spiro atoms. The SMILES string of the molecule is CCCCCCc1ccc2c(c1)CCn1c-2cc(OC[C@H]2COCCO2)nc1=O. The Labute approximate surface area is 171 Å². The predicted molar refractivity (Wildman–Crippen MR) is 112 cm³/mol. The third kappa shape index (κ3) is 4.87. The molecule has 1 aromatic heterocycles. The van der Waals surface area contributed by atoms with Crippen LogP contribution >= 0.6 is 0 Å². The highest BCUT2D eigenvalue weighted by atomic mass is 16.6. The fourth-order valence-corrected chi connectivity index (χ4v) is 4.06. The monoisotopic (exact) mass is 398 g/mol. The second kappa shape index (κ2) is 9.55. The normalized spacial score (nSPS) is 18.2. The van der Waals surface area contributed by atoms with E-state index < -0.39 is 0 Å². The maximum absolute atomic E-state index is 12.5. The van der Waals surface area contributed by atoms with Crippen molar-refractivity contribution in [2.45, 2.75) is 58.1 Å². The number of aromatic nitrogens is 2. The lowest BCUT2D eigenvalue weighted by Crippen LogP contribution is -2.34. The van der Waals surface area contributed by atoms with Gasteiger partial charge in [-0.3, -0.25) is 4.57 Å². The largest absolute Gasteiger partial charge is 0.475 e. The maximum Gasteiger partial charge on any atom is 0.351 e. The Morgan fingerprint density at radius 3 is 2.97 bits per heavy atom. The quantitative estimate of drug-likeness (QED) is 0.638. The van der Waals surface area contributed by atoms with Crippen LogP contribution in [0, 0.1) is 0 Å². The molecule has 2 aliphatic rings. The smallest absolute Gasteiger partial charge is 0.351 e. The zero-order valence-electron chi connectivity index (χ0n) is 17.2. The standard InChI is InChI=1S/C23H30N2O4/c1-2-3-4-5-6-17-7-8-20-18(13-17)9-10-25-21(20)14-22(24-23(25)26)29-16-19-15-27-11-12-28-19/h7-8,13-14,19H,2-6,9-12,15-16H2,1H3/t19-/m1/s1. The van der Waals surface area contributed by atoms with Gasteiger partial charge < -0.3 is 14.2 Å². The summed E-state index contributed by atoms with van der Waals surface area (Å²) >= 11 is 0. The van der Waals surface area contributed by atoms with Gasteiger partial charge in [0.15, 0.2) is 0 Å². The van der Waals surface area contributed by atoms with Crippen LogP contribution in [0.4, 0.5) is 0 Å². The van der Waals surface area contributed by atoms with Gasteiger partial charge in [0.2, 0.25) is 5.88 Å². The lowest BCUT2D eigenvalue weighted by molar-refractivity contribution is -0.102. The summed E-state index contributed by atoms with van der Waals surface area (Å²) in [6.07, 6.45) is 6.94. The van der Waals surface area contributed by atoms with Crippen molar-refractivity contribution in [1.29, 1.82) is 0 Å². The summed E-state index contributed by atoms with van der Waals surface area (Å²) in [6.45, 7) is 4.93. The van der Waals surface area contributed by atoms with Gasteiger partial charge in [-0.25, -0.2) is 4.79 Å². The molecule has 3 heterocycles. The Morgan fingerprint density at radius 1 is 1.21 bits per heavy atom. The molecule has 0 unspecified atom stereocenters. The molecule has 1 atom stereocenters. The summed E-state index contributed by atoms with van der Waals surface area (Å²) in [4.78, 5) is 16.6. The van der Waals surface area contributed by atoms with Crippen LogP contribution in [-0.2, 0) is 28.9 Å². The van der Waals surface area contributed by atoms with E-state index in [4.69, 9.17) is 14.2 Å². The first-order valence-corrected chi connectivity index (χ1v) is 10.8. The van der Waals surface area contributed by atoms with E-state index in [0.29, 0.717) is 38.9 Å². The second-order valence-corrected chi connectivity index (χ2v) is 7.84. The lowest BCUT2D eigenvalue weighted by Gasteiger charge is -2.24. The average molecular weight is 399 g/mol. The van der Waals surface area contributed by atoms with E-state index in [2.05, 4.69) is 30.1 Å². The van der Waals surface area contributed by atoms with Crippen LogP contribution in [0.25, 0.3) is 11.3 Å². The zero-order chi connectivity index (χ0) is 20.1. The van der Waals surface area contributed by atoms with Gasteiger partial charge in [-0.2, -0.15) is 4.98 Å². The summed E-state index contributed by atoms with van der Waals surface area (Å²) in [5, 5.41) is 0. The molecule has 0 saturated carbocycles.